The van der Waals surface area contributed by atoms with Crippen molar-refractivity contribution in [2.45, 2.75) is 33.0 Å². The molecule has 0 unspecified atom stereocenters. The zero-order chi connectivity index (χ0) is 10.3. The number of ether oxygens (including phenoxy) is 2. The molecule has 0 N–H and O–H groups in total. The van der Waals surface area contributed by atoms with Crippen LogP contribution in [-0.2, 0) is 23.9 Å². The summed E-state index contributed by atoms with van der Waals surface area (Å²) in [6, 6.07) is 0. The van der Waals surface area contributed by atoms with Crippen LogP contribution in [0.2, 0.25) is 0 Å². The van der Waals surface area contributed by atoms with Gasteiger partial charge in [0.05, 0.1) is 0 Å². The smallest absolute Gasteiger partial charge is 0.305 e. The number of hydrogen-bond acceptors (Lipinski definition) is 5. The molecule has 13 heavy (non-hydrogen) atoms. The molecule has 0 radical (unpaired) electrons. The second kappa shape index (κ2) is 6.16. The number of carbonyl (C=O) groups excluding carboxylic acids is 3. The minimum Gasteiger partial charge on any atom is -0.425 e. The van der Waals surface area contributed by atoms with E-state index in [0.29, 0.717) is 6.29 Å². The average Bonchev–Trinajstić information content (AvgIpc) is 1.98. The van der Waals surface area contributed by atoms with Gasteiger partial charge in [0, 0.05) is 26.7 Å². The fraction of sp³-hybridized carbons (Fsp3) is 0.625. The number of carbonyl (C=O) groups is 3. The van der Waals surface area contributed by atoms with E-state index in [9.17, 15) is 14.4 Å². The maximum absolute atomic E-state index is 10.5. The van der Waals surface area contributed by atoms with E-state index >= 15 is 0 Å². The molecule has 0 atom stereocenters. The van der Waals surface area contributed by atoms with E-state index in [2.05, 4.69) is 9.47 Å². The van der Waals surface area contributed by atoms with Crippen molar-refractivity contribution in [3.63, 3.8) is 0 Å². The van der Waals surface area contributed by atoms with Gasteiger partial charge in [0.25, 0.3) is 0 Å². The lowest BCUT2D eigenvalue weighted by Gasteiger charge is -2.14. The van der Waals surface area contributed by atoms with Crippen molar-refractivity contribution in [3.05, 3.63) is 0 Å². The fourth-order valence-corrected chi connectivity index (χ4v) is 0.716. The van der Waals surface area contributed by atoms with Crippen LogP contribution >= 0.6 is 0 Å². The molecule has 5 nitrogen and oxygen atoms in total. The summed E-state index contributed by atoms with van der Waals surface area (Å²) < 4.78 is 9.24. The Morgan fingerprint density at radius 1 is 1.23 bits per heavy atom. The highest BCUT2D eigenvalue weighted by Gasteiger charge is 2.13. The standard InChI is InChI=1S/C8H12O5/c1-6(10)12-8(4-3-5-9)13-7(2)11/h5,8H,3-4H2,1-2H3. The molecule has 0 amide bonds. The van der Waals surface area contributed by atoms with Crippen molar-refractivity contribution in [2.75, 3.05) is 0 Å². The summed E-state index contributed by atoms with van der Waals surface area (Å²) in [6.07, 6.45) is 0.105. The van der Waals surface area contributed by atoms with Crippen LogP contribution in [0.15, 0.2) is 0 Å². The lowest BCUT2D eigenvalue weighted by molar-refractivity contribution is -0.186. The second-order valence-corrected chi connectivity index (χ2v) is 2.39. The van der Waals surface area contributed by atoms with E-state index in [1.54, 1.807) is 0 Å². The van der Waals surface area contributed by atoms with Gasteiger partial charge in [-0.15, -0.1) is 0 Å². The second-order valence-electron chi connectivity index (χ2n) is 2.39. The van der Waals surface area contributed by atoms with Crippen molar-refractivity contribution in [1.82, 2.24) is 0 Å². The van der Waals surface area contributed by atoms with E-state index in [-0.39, 0.29) is 12.8 Å². The first-order chi connectivity index (χ1) is 6.06. The number of aldehydes is 1. The minimum absolute atomic E-state index is 0.186. The third kappa shape index (κ3) is 6.99. The van der Waals surface area contributed by atoms with Gasteiger partial charge in [-0.2, -0.15) is 0 Å². The highest BCUT2D eigenvalue weighted by Crippen LogP contribution is 2.03. The zero-order valence-electron chi connectivity index (χ0n) is 7.61. The molecule has 74 valence electrons. The Morgan fingerprint density at radius 2 is 1.69 bits per heavy atom. The van der Waals surface area contributed by atoms with Crippen LogP contribution in [0.25, 0.3) is 0 Å². The lowest BCUT2D eigenvalue weighted by Crippen LogP contribution is -2.22. The lowest BCUT2D eigenvalue weighted by atomic mass is 10.3. The highest BCUT2D eigenvalue weighted by molar-refractivity contribution is 5.68. The Kier molecular flexibility index (Phi) is 5.50. The largest absolute Gasteiger partial charge is 0.425 e. The maximum atomic E-state index is 10.5. The molecule has 0 bridgehead atoms. The van der Waals surface area contributed by atoms with Gasteiger partial charge in [0.2, 0.25) is 6.29 Å². The van der Waals surface area contributed by atoms with Crippen LogP contribution in [0.4, 0.5) is 0 Å². The summed E-state index contributed by atoms with van der Waals surface area (Å²) in [5.74, 6) is -1.09. The van der Waals surface area contributed by atoms with Crippen LogP contribution in [0, 0.1) is 0 Å². The van der Waals surface area contributed by atoms with Gasteiger partial charge in [0.1, 0.15) is 6.29 Å². The molecule has 0 rings (SSSR count). The van der Waals surface area contributed by atoms with Crippen molar-refractivity contribution < 1.29 is 23.9 Å². The quantitative estimate of drug-likeness (QED) is 0.355. The Hall–Kier alpha value is -1.39. The van der Waals surface area contributed by atoms with Crippen molar-refractivity contribution in [2.24, 2.45) is 0 Å². The number of esters is 2. The molecule has 0 spiro atoms. The SMILES string of the molecule is CC(=O)OC(CCC=O)OC(C)=O. The highest BCUT2D eigenvalue weighted by atomic mass is 16.7. The van der Waals surface area contributed by atoms with Gasteiger partial charge >= 0.3 is 11.9 Å². The molecule has 0 saturated carbocycles. The van der Waals surface area contributed by atoms with E-state index < -0.39 is 18.2 Å². The van der Waals surface area contributed by atoms with E-state index in [4.69, 9.17) is 0 Å². The van der Waals surface area contributed by atoms with Crippen molar-refractivity contribution in [3.8, 4) is 0 Å². The fourth-order valence-electron chi connectivity index (χ4n) is 0.716. The van der Waals surface area contributed by atoms with Crippen molar-refractivity contribution in [1.29, 1.82) is 0 Å². The molecule has 0 saturated heterocycles. The Bertz CT molecular complexity index is 183. The van der Waals surface area contributed by atoms with Gasteiger partial charge in [-0.3, -0.25) is 9.59 Å². The van der Waals surface area contributed by atoms with Gasteiger partial charge in [-0.1, -0.05) is 0 Å². The Labute approximate surface area is 76.0 Å². The normalized spacial score (nSPS) is 9.46. The molecule has 5 heteroatoms. The molecule has 0 aliphatic heterocycles. The minimum atomic E-state index is -0.944. The monoisotopic (exact) mass is 188 g/mol. The van der Waals surface area contributed by atoms with E-state index in [0.717, 1.165) is 0 Å². The zero-order valence-corrected chi connectivity index (χ0v) is 7.61. The summed E-state index contributed by atoms with van der Waals surface area (Å²) in [7, 11) is 0. The third-order valence-electron chi connectivity index (χ3n) is 1.12. The van der Waals surface area contributed by atoms with Crippen LogP contribution < -0.4 is 0 Å². The summed E-state index contributed by atoms with van der Waals surface area (Å²) in [4.78, 5) is 31.0. The molecule has 0 aliphatic rings. The molecule has 0 fully saturated rings. The Balaban J connectivity index is 3.93. The maximum Gasteiger partial charge on any atom is 0.305 e. The molecule has 0 aromatic heterocycles. The summed E-state index contributed by atoms with van der Waals surface area (Å²) in [6.45, 7) is 2.41. The van der Waals surface area contributed by atoms with E-state index in [1.807, 2.05) is 0 Å². The summed E-state index contributed by atoms with van der Waals surface area (Å²) in [5, 5.41) is 0. The molecular weight excluding hydrogens is 176 g/mol. The first kappa shape index (κ1) is 11.6. The average molecular weight is 188 g/mol. The first-order valence-corrected chi connectivity index (χ1v) is 3.84. The van der Waals surface area contributed by atoms with Gasteiger partial charge in [-0.25, -0.2) is 0 Å². The van der Waals surface area contributed by atoms with Crippen LogP contribution in [0.3, 0.4) is 0 Å². The van der Waals surface area contributed by atoms with Crippen LogP contribution in [0.1, 0.15) is 26.7 Å². The van der Waals surface area contributed by atoms with Gasteiger partial charge < -0.3 is 14.3 Å². The van der Waals surface area contributed by atoms with Crippen LogP contribution in [-0.4, -0.2) is 24.5 Å². The summed E-state index contributed by atoms with van der Waals surface area (Å²) >= 11 is 0. The molecule has 0 aromatic carbocycles. The topological polar surface area (TPSA) is 69.7 Å². The van der Waals surface area contributed by atoms with Gasteiger partial charge in [0.15, 0.2) is 0 Å². The molecule has 0 aromatic rings. The number of rotatable bonds is 5. The third-order valence-corrected chi connectivity index (χ3v) is 1.12. The Morgan fingerprint density at radius 3 is 2.00 bits per heavy atom. The number of hydrogen-bond donors (Lipinski definition) is 0. The van der Waals surface area contributed by atoms with Crippen molar-refractivity contribution >= 4 is 18.2 Å². The molecule has 0 aliphatic carbocycles. The van der Waals surface area contributed by atoms with Crippen LogP contribution in [0.5, 0.6) is 0 Å². The van der Waals surface area contributed by atoms with Gasteiger partial charge in [-0.05, 0) is 0 Å². The van der Waals surface area contributed by atoms with E-state index in [1.165, 1.54) is 13.8 Å². The predicted octanol–water partition coefficient (Wildman–Crippen LogP) is 0.418. The predicted molar refractivity (Wildman–Crippen MR) is 42.6 cm³/mol. The summed E-state index contributed by atoms with van der Waals surface area (Å²) in [5.41, 5.74) is 0. The molecule has 0 heterocycles. The molecular formula is C8H12O5. The first-order valence-electron chi connectivity index (χ1n) is 3.84.